The van der Waals surface area contributed by atoms with Crippen LogP contribution in [0.2, 0.25) is 0 Å². The highest BCUT2D eigenvalue weighted by Crippen LogP contribution is 2.20. The van der Waals surface area contributed by atoms with Gasteiger partial charge in [0.05, 0.1) is 6.10 Å². The Balaban J connectivity index is 2.02. The molecular formula is C14H18BrNO2. The van der Waals surface area contributed by atoms with E-state index in [2.05, 4.69) is 21.2 Å². The molecule has 1 fully saturated rings. The number of halogens is 1. The van der Waals surface area contributed by atoms with E-state index in [1.807, 2.05) is 25.1 Å². The van der Waals surface area contributed by atoms with Gasteiger partial charge in [-0.3, -0.25) is 4.79 Å². The number of hydrogen-bond acceptors (Lipinski definition) is 2. The number of rotatable bonds is 2. The van der Waals surface area contributed by atoms with Crippen molar-refractivity contribution < 1.29 is 9.90 Å². The molecule has 1 aromatic carbocycles. The standard InChI is InChI=1S/C14H18BrNO2/c1-9-5-10(7-11(15)6-9)14(18)16-12-3-2-4-13(17)8-12/h5-7,12-13,17H,2-4,8H2,1H3,(H,16,18). The Morgan fingerprint density at radius 2 is 2.17 bits per heavy atom. The molecule has 1 saturated carbocycles. The van der Waals surface area contributed by atoms with Gasteiger partial charge in [0, 0.05) is 16.1 Å². The van der Waals surface area contributed by atoms with Crippen molar-refractivity contribution in [3.05, 3.63) is 33.8 Å². The van der Waals surface area contributed by atoms with E-state index in [1.165, 1.54) is 0 Å². The van der Waals surface area contributed by atoms with Gasteiger partial charge in [-0.15, -0.1) is 0 Å². The number of amides is 1. The van der Waals surface area contributed by atoms with E-state index >= 15 is 0 Å². The highest BCUT2D eigenvalue weighted by atomic mass is 79.9. The lowest BCUT2D eigenvalue weighted by atomic mass is 9.93. The van der Waals surface area contributed by atoms with Gasteiger partial charge >= 0.3 is 0 Å². The molecule has 2 rings (SSSR count). The number of hydrogen-bond donors (Lipinski definition) is 2. The molecule has 4 heteroatoms. The van der Waals surface area contributed by atoms with E-state index in [1.54, 1.807) is 0 Å². The van der Waals surface area contributed by atoms with Crippen molar-refractivity contribution in [3.63, 3.8) is 0 Å². The summed E-state index contributed by atoms with van der Waals surface area (Å²) in [6.07, 6.45) is 3.17. The molecular weight excluding hydrogens is 294 g/mol. The fraction of sp³-hybridized carbons (Fsp3) is 0.500. The van der Waals surface area contributed by atoms with Gasteiger partial charge in [-0.2, -0.15) is 0 Å². The number of benzene rings is 1. The summed E-state index contributed by atoms with van der Waals surface area (Å²) in [5.74, 6) is -0.0569. The lowest BCUT2D eigenvalue weighted by Crippen LogP contribution is -2.39. The number of aliphatic hydroxyl groups is 1. The first-order valence-electron chi connectivity index (χ1n) is 6.31. The first-order chi connectivity index (χ1) is 8.54. The minimum atomic E-state index is -0.270. The summed E-state index contributed by atoms with van der Waals surface area (Å²) in [5, 5.41) is 12.6. The van der Waals surface area contributed by atoms with Gasteiger partial charge in [0.25, 0.3) is 5.91 Å². The Hall–Kier alpha value is -0.870. The van der Waals surface area contributed by atoms with Crippen LogP contribution in [-0.2, 0) is 0 Å². The largest absolute Gasteiger partial charge is 0.393 e. The average Bonchev–Trinajstić information content (AvgIpc) is 2.27. The minimum absolute atomic E-state index is 0.0569. The zero-order valence-corrected chi connectivity index (χ0v) is 12.0. The molecule has 18 heavy (non-hydrogen) atoms. The topological polar surface area (TPSA) is 49.3 Å². The average molecular weight is 312 g/mol. The fourth-order valence-electron chi connectivity index (χ4n) is 2.43. The van der Waals surface area contributed by atoms with Gasteiger partial charge in [-0.1, -0.05) is 15.9 Å². The van der Waals surface area contributed by atoms with Gasteiger partial charge in [0.1, 0.15) is 0 Å². The summed E-state index contributed by atoms with van der Waals surface area (Å²) in [7, 11) is 0. The normalized spacial score (nSPS) is 23.7. The van der Waals surface area contributed by atoms with Crippen LogP contribution in [0.1, 0.15) is 41.6 Å². The zero-order chi connectivity index (χ0) is 13.1. The fourth-order valence-corrected chi connectivity index (χ4v) is 3.04. The maximum Gasteiger partial charge on any atom is 0.251 e. The molecule has 1 amide bonds. The van der Waals surface area contributed by atoms with Crippen molar-refractivity contribution in [2.24, 2.45) is 0 Å². The SMILES string of the molecule is Cc1cc(Br)cc(C(=O)NC2CCCC(O)C2)c1. The van der Waals surface area contributed by atoms with E-state index in [0.717, 1.165) is 29.3 Å². The molecule has 98 valence electrons. The molecule has 2 unspecified atom stereocenters. The molecule has 1 aliphatic rings. The molecule has 0 saturated heterocycles. The Bertz CT molecular complexity index is 427. The van der Waals surface area contributed by atoms with Crippen molar-refractivity contribution in [3.8, 4) is 0 Å². The van der Waals surface area contributed by atoms with Crippen molar-refractivity contribution >= 4 is 21.8 Å². The van der Waals surface area contributed by atoms with Crippen LogP contribution in [0.15, 0.2) is 22.7 Å². The zero-order valence-electron chi connectivity index (χ0n) is 10.4. The monoisotopic (exact) mass is 311 g/mol. The second-order valence-electron chi connectivity index (χ2n) is 5.01. The molecule has 0 aliphatic heterocycles. The van der Waals surface area contributed by atoms with Gasteiger partial charge in [0.15, 0.2) is 0 Å². The van der Waals surface area contributed by atoms with Crippen LogP contribution in [0.3, 0.4) is 0 Å². The third-order valence-electron chi connectivity index (χ3n) is 3.29. The number of nitrogens with one attached hydrogen (secondary N) is 1. The second-order valence-corrected chi connectivity index (χ2v) is 5.92. The van der Waals surface area contributed by atoms with E-state index in [0.29, 0.717) is 12.0 Å². The number of aryl methyl sites for hydroxylation is 1. The van der Waals surface area contributed by atoms with E-state index in [9.17, 15) is 9.90 Å². The lowest BCUT2D eigenvalue weighted by molar-refractivity contribution is 0.0849. The summed E-state index contributed by atoms with van der Waals surface area (Å²) in [6.45, 7) is 1.96. The molecule has 1 aromatic rings. The Morgan fingerprint density at radius 1 is 1.39 bits per heavy atom. The van der Waals surface area contributed by atoms with Crippen LogP contribution in [0, 0.1) is 6.92 Å². The van der Waals surface area contributed by atoms with E-state index in [-0.39, 0.29) is 18.1 Å². The van der Waals surface area contributed by atoms with Crippen LogP contribution in [0.5, 0.6) is 0 Å². The summed E-state index contributed by atoms with van der Waals surface area (Å²) >= 11 is 3.40. The van der Waals surface area contributed by atoms with Crippen LogP contribution in [0.25, 0.3) is 0 Å². The summed E-state index contributed by atoms with van der Waals surface area (Å²) in [4.78, 5) is 12.1. The molecule has 2 N–H and O–H groups in total. The number of carbonyl (C=O) groups is 1. The van der Waals surface area contributed by atoms with Crippen LogP contribution in [0.4, 0.5) is 0 Å². The molecule has 1 aliphatic carbocycles. The number of carbonyl (C=O) groups excluding carboxylic acids is 1. The van der Waals surface area contributed by atoms with Crippen molar-refractivity contribution in [2.75, 3.05) is 0 Å². The highest BCUT2D eigenvalue weighted by Gasteiger charge is 2.22. The number of aliphatic hydroxyl groups excluding tert-OH is 1. The first-order valence-corrected chi connectivity index (χ1v) is 7.10. The lowest BCUT2D eigenvalue weighted by Gasteiger charge is -2.26. The minimum Gasteiger partial charge on any atom is -0.393 e. The molecule has 0 radical (unpaired) electrons. The maximum absolute atomic E-state index is 12.1. The van der Waals surface area contributed by atoms with Crippen LogP contribution < -0.4 is 5.32 Å². The Morgan fingerprint density at radius 3 is 2.83 bits per heavy atom. The van der Waals surface area contributed by atoms with Gasteiger partial charge < -0.3 is 10.4 Å². The van der Waals surface area contributed by atoms with Crippen molar-refractivity contribution in [1.82, 2.24) is 5.32 Å². The molecule has 0 heterocycles. The summed E-state index contributed by atoms with van der Waals surface area (Å²) in [5.41, 5.74) is 1.72. The van der Waals surface area contributed by atoms with Crippen LogP contribution in [-0.4, -0.2) is 23.2 Å². The predicted molar refractivity (Wildman–Crippen MR) is 74.6 cm³/mol. The Labute approximate surface area is 116 Å². The predicted octanol–water partition coefficient (Wildman–Crippen LogP) is 2.79. The van der Waals surface area contributed by atoms with Gasteiger partial charge in [0.2, 0.25) is 0 Å². The molecule has 0 aromatic heterocycles. The van der Waals surface area contributed by atoms with Crippen molar-refractivity contribution in [2.45, 2.75) is 44.8 Å². The van der Waals surface area contributed by atoms with E-state index in [4.69, 9.17) is 0 Å². The summed E-state index contributed by atoms with van der Waals surface area (Å²) in [6, 6.07) is 5.77. The third-order valence-corrected chi connectivity index (χ3v) is 3.74. The maximum atomic E-state index is 12.1. The second kappa shape index (κ2) is 5.85. The highest BCUT2D eigenvalue weighted by molar-refractivity contribution is 9.10. The first kappa shape index (κ1) is 13.6. The molecule has 3 nitrogen and oxygen atoms in total. The molecule has 0 bridgehead atoms. The van der Waals surface area contributed by atoms with Gasteiger partial charge in [-0.25, -0.2) is 0 Å². The molecule has 2 atom stereocenters. The van der Waals surface area contributed by atoms with Gasteiger partial charge in [-0.05, 0) is 56.4 Å². The van der Waals surface area contributed by atoms with E-state index < -0.39 is 0 Å². The quantitative estimate of drug-likeness (QED) is 0.882. The Kier molecular flexibility index (Phi) is 4.40. The molecule has 0 spiro atoms. The van der Waals surface area contributed by atoms with Crippen LogP contribution >= 0.6 is 15.9 Å². The smallest absolute Gasteiger partial charge is 0.251 e. The van der Waals surface area contributed by atoms with Crippen molar-refractivity contribution in [1.29, 1.82) is 0 Å². The summed E-state index contributed by atoms with van der Waals surface area (Å²) < 4.78 is 0.913. The third kappa shape index (κ3) is 3.56.